The van der Waals surface area contributed by atoms with Gasteiger partial charge in [-0.15, -0.1) is 0 Å². The Kier molecular flexibility index (Phi) is 6.22. The van der Waals surface area contributed by atoms with Crippen molar-refractivity contribution in [1.29, 1.82) is 0 Å². The highest BCUT2D eigenvalue weighted by Crippen LogP contribution is 2.28. The molecule has 0 saturated heterocycles. The summed E-state index contributed by atoms with van der Waals surface area (Å²) in [4.78, 5) is 19.6. The normalized spacial score (nSPS) is 13.8. The van der Waals surface area contributed by atoms with Crippen LogP contribution in [0.1, 0.15) is 28.2 Å². The number of rotatable bonds is 5. The molecule has 8 heteroatoms. The Hall–Kier alpha value is -2.55. The highest BCUT2D eigenvalue weighted by molar-refractivity contribution is 9.10. The maximum Gasteiger partial charge on any atom is 0.276 e. The number of pyridine rings is 1. The summed E-state index contributed by atoms with van der Waals surface area (Å²) in [5.74, 6) is -0.174. The molecule has 1 amide bonds. The molecule has 0 unspecified atom stereocenters. The van der Waals surface area contributed by atoms with Crippen LogP contribution in [0.25, 0.3) is 0 Å². The van der Waals surface area contributed by atoms with E-state index in [-0.39, 0.29) is 17.3 Å². The molecule has 1 aromatic heterocycles. The van der Waals surface area contributed by atoms with Gasteiger partial charge < -0.3 is 4.90 Å². The van der Waals surface area contributed by atoms with Crippen LogP contribution in [0.4, 0.5) is 5.69 Å². The molecule has 160 valence electrons. The van der Waals surface area contributed by atoms with Crippen molar-refractivity contribution < 1.29 is 13.2 Å². The van der Waals surface area contributed by atoms with Crippen LogP contribution in [0.5, 0.6) is 0 Å². The summed E-state index contributed by atoms with van der Waals surface area (Å²) >= 11 is 3.31. The second-order valence-corrected chi connectivity index (χ2v) is 10.4. The summed E-state index contributed by atoms with van der Waals surface area (Å²) in [7, 11) is -2.16. The van der Waals surface area contributed by atoms with Gasteiger partial charge in [-0.25, -0.2) is 13.4 Å². The van der Waals surface area contributed by atoms with E-state index in [9.17, 15) is 13.2 Å². The van der Waals surface area contributed by atoms with Crippen LogP contribution in [0.3, 0.4) is 0 Å². The SMILES string of the molecule is CN(Cc1cccc(C(=O)N2CCCc3ccccc32)n1)S(=O)(=O)c1ccc(Br)cc1. The van der Waals surface area contributed by atoms with Gasteiger partial charge in [-0.2, -0.15) is 4.31 Å². The molecule has 6 nitrogen and oxygen atoms in total. The lowest BCUT2D eigenvalue weighted by Gasteiger charge is -2.29. The number of sulfonamides is 1. The Morgan fingerprint density at radius 3 is 2.58 bits per heavy atom. The number of para-hydroxylation sites is 1. The van der Waals surface area contributed by atoms with Crippen molar-refractivity contribution in [2.45, 2.75) is 24.3 Å². The number of hydrogen-bond donors (Lipinski definition) is 0. The number of fused-ring (bicyclic) bond motifs is 1. The first-order chi connectivity index (χ1) is 14.9. The minimum absolute atomic E-state index is 0.0656. The quantitative estimate of drug-likeness (QED) is 0.525. The molecule has 0 bridgehead atoms. The first kappa shape index (κ1) is 21.7. The minimum Gasteiger partial charge on any atom is -0.307 e. The van der Waals surface area contributed by atoms with Gasteiger partial charge in [0.1, 0.15) is 5.69 Å². The monoisotopic (exact) mass is 499 g/mol. The predicted molar refractivity (Wildman–Crippen MR) is 123 cm³/mol. The van der Waals surface area contributed by atoms with E-state index in [0.717, 1.165) is 28.6 Å². The van der Waals surface area contributed by atoms with E-state index in [1.807, 2.05) is 24.3 Å². The number of amides is 1. The zero-order valence-corrected chi connectivity index (χ0v) is 19.4. The molecule has 1 aliphatic rings. The Bertz CT molecular complexity index is 1210. The minimum atomic E-state index is -3.67. The molecule has 2 aromatic carbocycles. The average molecular weight is 500 g/mol. The third-order valence-electron chi connectivity index (χ3n) is 5.29. The molecule has 0 fully saturated rings. The first-order valence-electron chi connectivity index (χ1n) is 9.94. The van der Waals surface area contributed by atoms with Crippen LogP contribution < -0.4 is 4.90 Å². The first-order valence-corrected chi connectivity index (χ1v) is 12.2. The molecule has 0 atom stereocenters. The van der Waals surface area contributed by atoms with Gasteiger partial charge in [0, 0.05) is 23.8 Å². The number of carbonyl (C=O) groups excluding carboxylic acids is 1. The highest BCUT2D eigenvalue weighted by atomic mass is 79.9. The smallest absolute Gasteiger partial charge is 0.276 e. The van der Waals surface area contributed by atoms with E-state index < -0.39 is 10.0 Å². The largest absolute Gasteiger partial charge is 0.307 e. The summed E-state index contributed by atoms with van der Waals surface area (Å²) in [6.07, 6.45) is 1.85. The fourth-order valence-corrected chi connectivity index (χ4v) is 5.08. The predicted octanol–water partition coefficient (Wildman–Crippen LogP) is 4.26. The number of anilines is 1. The molecule has 3 aromatic rings. The van der Waals surface area contributed by atoms with Crippen LogP contribution in [0.2, 0.25) is 0 Å². The maximum absolute atomic E-state index is 13.2. The van der Waals surface area contributed by atoms with E-state index in [2.05, 4.69) is 20.9 Å². The number of aryl methyl sites for hydroxylation is 1. The lowest BCUT2D eigenvalue weighted by Crippen LogP contribution is -2.36. The topological polar surface area (TPSA) is 70.6 Å². The molecule has 4 rings (SSSR count). The van der Waals surface area contributed by atoms with Gasteiger partial charge in [-0.3, -0.25) is 4.79 Å². The van der Waals surface area contributed by atoms with Gasteiger partial charge >= 0.3 is 0 Å². The van der Waals surface area contributed by atoms with Gasteiger partial charge in [0.2, 0.25) is 10.0 Å². The summed E-state index contributed by atoms with van der Waals surface area (Å²) in [6, 6.07) is 19.5. The van der Waals surface area contributed by atoms with Crippen molar-refractivity contribution in [3.8, 4) is 0 Å². The third kappa shape index (κ3) is 4.56. The van der Waals surface area contributed by atoms with Crippen molar-refractivity contribution in [2.75, 3.05) is 18.5 Å². The van der Waals surface area contributed by atoms with Gasteiger partial charge in [0.15, 0.2) is 0 Å². The van der Waals surface area contributed by atoms with Crippen molar-refractivity contribution in [1.82, 2.24) is 9.29 Å². The van der Waals surface area contributed by atoms with Crippen molar-refractivity contribution in [2.24, 2.45) is 0 Å². The molecular formula is C23H22BrN3O3S. The number of hydrogen-bond acceptors (Lipinski definition) is 4. The summed E-state index contributed by atoms with van der Waals surface area (Å²) in [6.45, 7) is 0.704. The standard InChI is InChI=1S/C23H22BrN3O3S/c1-26(31(29,30)20-13-11-18(24)12-14-20)16-19-8-4-9-21(25-19)23(28)27-15-5-7-17-6-2-3-10-22(17)27/h2-4,6,8-14H,5,7,15-16H2,1H3. The molecule has 0 radical (unpaired) electrons. The van der Waals surface area contributed by atoms with Gasteiger partial charge in [-0.1, -0.05) is 40.2 Å². The van der Waals surface area contributed by atoms with Crippen molar-refractivity contribution in [3.63, 3.8) is 0 Å². The van der Waals surface area contributed by atoms with E-state index in [1.54, 1.807) is 47.4 Å². The van der Waals surface area contributed by atoms with Crippen LogP contribution in [0.15, 0.2) is 76.1 Å². The number of carbonyl (C=O) groups is 1. The summed E-state index contributed by atoms with van der Waals surface area (Å²) in [5, 5.41) is 0. The van der Waals surface area contributed by atoms with Crippen LogP contribution >= 0.6 is 15.9 Å². The Morgan fingerprint density at radius 2 is 1.81 bits per heavy atom. The second-order valence-electron chi connectivity index (χ2n) is 7.42. The maximum atomic E-state index is 13.2. The van der Waals surface area contributed by atoms with E-state index in [0.29, 0.717) is 17.9 Å². The average Bonchev–Trinajstić information content (AvgIpc) is 2.78. The van der Waals surface area contributed by atoms with Crippen molar-refractivity contribution in [3.05, 3.63) is 88.2 Å². The van der Waals surface area contributed by atoms with Crippen LogP contribution in [0, 0.1) is 0 Å². The molecule has 0 saturated carbocycles. The van der Waals surface area contributed by atoms with Crippen LogP contribution in [-0.4, -0.2) is 37.2 Å². The molecule has 2 heterocycles. The molecule has 0 aliphatic carbocycles. The molecular weight excluding hydrogens is 478 g/mol. The zero-order chi connectivity index (χ0) is 22.0. The summed E-state index contributed by atoms with van der Waals surface area (Å²) < 4.78 is 27.8. The zero-order valence-electron chi connectivity index (χ0n) is 17.0. The summed E-state index contributed by atoms with van der Waals surface area (Å²) in [5.41, 5.74) is 2.89. The second kappa shape index (κ2) is 8.90. The van der Waals surface area contributed by atoms with Gasteiger partial charge in [0.05, 0.1) is 17.1 Å². The number of halogens is 1. The van der Waals surface area contributed by atoms with Crippen LogP contribution in [-0.2, 0) is 23.0 Å². The number of aromatic nitrogens is 1. The Balaban J connectivity index is 1.55. The third-order valence-corrected chi connectivity index (χ3v) is 7.63. The van der Waals surface area contributed by atoms with E-state index in [4.69, 9.17) is 0 Å². The van der Waals surface area contributed by atoms with Crippen molar-refractivity contribution >= 4 is 37.5 Å². The lowest BCUT2D eigenvalue weighted by molar-refractivity contribution is 0.0980. The Labute approximate surface area is 190 Å². The number of nitrogens with zero attached hydrogens (tertiary/aromatic N) is 3. The van der Waals surface area contributed by atoms with Gasteiger partial charge in [-0.05, 0) is 60.9 Å². The fourth-order valence-electron chi connectivity index (χ4n) is 3.67. The molecule has 31 heavy (non-hydrogen) atoms. The molecule has 0 spiro atoms. The molecule has 0 N–H and O–H groups in total. The van der Waals surface area contributed by atoms with E-state index >= 15 is 0 Å². The highest BCUT2D eigenvalue weighted by Gasteiger charge is 2.25. The number of benzene rings is 2. The molecule has 1 aliphatic heterocycles. The van der Waals surface area contributed by atoms with E-state index in [1.165, 1.54) is 11.4 Å². The lowest BCUT2D eigenvalue weighted by atomic mass is 10.0. The Morgan fingerprint density at radius 1 is 1.06 bits per heavy atom. The van der Waals surface area contributed by atoms with Gasteiger partial charge in [0.25, 0.3) is 5.91 Å². The fraction of sp³-hybridized carbons (Fsp3) is 0.217.